The van der Waals surface area contributed by atoms with E-state index >= 15 is 0 Å². The second-order valence-electron chi connectivity index (χ2n) is 1.67. The second kappa shape index (κ2) is 6.41. The van der Waals surface area contributed by atoms with Crippen LogP contribution in [0, 0.1) is 0 Å². The molecule has 0 saturated carbocycles. The van der Waals surface area contributed by atoms with E-state index in [4.69, 9.17) is 0 Å². The molecule has 0 amide bonds. The molecule has 1 heteroatoms. The molecule has 0 radical (unpaired) electrons. The molecule has 0 bridgehead atoms. The predicted molar refractivity (Wildman–Crippen MR) is 34.7 cm³/mol. The summed E-state index contributed by atoms with van der Waals surface area (Å²) in [7, 11) is 0. The molecule has 0 rings (SSSR count). The van der Waals surface area contributed by atoms with Crippen molar-refractivity contribution < 1.29 is 4.79 Å². The minimum Gasteiger partial charge on any atom is -0.303 e. The van der Waals surface area contributed by atoms with E-state index in [0.717, 1.165) is 19.1 Å². The summed E-state index contributed by atoms with van der Waals surface area (Å²) >= 11 is 0. The molecule has 0 aromatic heterocycles. The van der Waals surface area contributed by atoms with Crippen molar-refractivity contribution in [1.82, 2.24) is 0 Å². The summed E-state index contributed by atoms with van der Waals surface area (Å²) in [5.74, 6) is 0. The second-order valence-corrected chi connectivity index (χ2v) is 1.67. The highest BCUT2D eigenvalue weighted by molar-refractivity contribution is 5.48. The SMILES string of the molecule is C/C=C/CCCC=O. The molecule has 0 aliphatic heterocycles. The normalized spacial score (nSPS) is 10.1. The van der Waals surface area contributed by atoms with Gasteiger partial charge < -0.3 is 4.79 Å². The van der Waals surface area contributed by atoms with Crippen LogP contribution in [0.5, 0.6) is 0 Å². The number of hydrogen-bond acceptors (Lipinski definition) is 1. The van der Waals surface area contributed by atoms with Crippen LogP contribution >= 0.6 is 0 Å². The lowest BCUT2D eigenvalue weighted by atomic mass is 10.2. The van der Waals surface area contributed by atoms with Crippen LogP contribution in [0.4, 0.5) is 0 Å². The molecule has 8 heavy (non-hydrogen) atoms. The largest absolute Gasteiger partial charge is 0.303 e. The molecule has 0 aromatic rings. The molecule has 1 nitrogen and oxygen atoms in total. The van der Waals surface area contributed by atoms with Gasteiger partial charge in [0.1, 0.15) is 6.29 Å². The van der Waals surface area contributed by atoms with E-state index in [1.54, 1.807) is 0 Å². The summed E-state index contributed by atoms with van der Waals surface area (Å²) in [6.07, 6.45) is 7.77. The van der Waals surface area contributed by atoms with Crippen LogP contribution in [-0.4, -0.2) is 6.29 Å². The van der Waals surface area contributed by atoms with Gasteiger partial charge in [0.05, 0.1) is 0 Å². The van der Waals surface area contributed by atoms with Gasteiger partial charge in [0.15, 0.2) is 0 Å². The van der Waals surface area contributed by atoms with Crippen LogP contribution < -0.4 is 0 Å². The lowest BCUT2D eigenvalue weighted by Gasteiger charge is -1.83. The number of aldehydes is 1. The Balaban J connectivity index is 2.82. The summed E-state index contributed by atoms with van der Waals surface area (Å²) < 4.78 is 0. The molecule has 0 heterocycles. The number of unbranched alkanes of at least 4 members (excludes halogenated alkanes) is 2. The van der Waals surface area contributed by atoms with Crippen molar-refractivity contribution in [3.8, 4) is 0 Å². The van der Waals surface area contributed by atoms with E-state index in [0.29, 0.717) is 6.42 Å². The quantitative estimate of drug-likeness (QED) is 0.308. The maximum absolute atomic E-state index is 9.74. The van der Waals surface area contributed by atoms with Crippen LogP contribution in [0.1, 0.15) is 26.2 Å². The monoisotopic (exact) mass is 112 g/mol. The first kappa shape index (κ1) is 7.41. The molecule has 0 fully saturated rings. The Bertz CT molecular complexity index is 74.5. The Morgan fingerprint density at radius 1 is 1.38 bits per heavy atom. The van der Waals surface area contributed by atoms with Crippen molar-refractivity contribution in [2.75, 3.05) is 0 Å². The van der Waals surface area contributed by atoms with Gasteiger partial charge in [0.25, 0.3) is 0 Å². The summed E-state index contributed by atoms with van der Waals surface area (Å²) in [5.41, 5.74) is 0. The highest BCUT2D eigenvalue weighted by atomic mass is 16.1. The van der Waals surface area contributed by atoms with Crippen molar-refractivity contribution in [3.05, 3.63) is 12.2 Å². The molecule has 0 N–H and O–H groups in total. The average molecular weight is 112 g/mol. The number of allylic oxidation sites excluding steroid dienone is 2. The van der Waals surface area contributed by atoms with Gasteiger partial charge in [-0.05, 0) is 19.8 Å². The summed E-state index contributed by atoms with van der Waals surface area (Å²) in [5, 5.41) is 0. The van der Waals surface area contributed by atoms with Gasteiger partial charge in [0, 0.05) is 6.42 Å². The lowest BCUT2D eigenvalue weighted by molar-refractivity contribution is -0.107. The fourth-order valence-corrected chi connectivity index (χ4v) is 0.486. The van der Waals surface area contributed by atoms with Crippen molar-refractivity contribution >= 4 is 6.29 Å². The first-order valence-electron chi connectivity index (χ1n) is 2.96. The molecular weight excluding hydrogens is 100 g/mol. The molecule has 0 atom stereocenters. The smallest absolute Gasteiger partial charge is 0.120 e. The summed E-state index contributed by atoms with van der Waals surface area (Å²) in [6, 6.07) is 0. The van der Waals surface area contributed by atoms with Gasteiger partial charge in [-0.3, -0.25) is 0 Å². The zero-order valence-corrected chi connectivity index (χ0v) is 5.26. The molecule has 0 spiro atoms. The first-order valence-corrected chi connectivity index (χ1v) is 2.96. The van der Waals surface area contributed by atoms with Crippen molar-refractivity contribution in [2.45, 2.75) is 26.2 Å². The Morgan fingerprint density at radius 3 is 2.62 bits per heavy atom. The maximum Gasteiger partial charge on any atom is 0.120 e. The maximum atomic E-state index is 9.74. The standard InChI is InChI=1S/C7H12O/c1-2-3-4-5-6-7-8/h2-3,7H,4-6H2,1H3/b3-2+. The van der Waals surface area contributed by atoms with Gasteiger partial charge in [-0.15, -0.1) is 0 Å². The van der Waals surface area contributed by atoms with Crippen LogP contribution in [-0.2, 0) is 4.79 Å². The summed E-state index contributed by atoms with van der Waals surface area (Å²) in [4.78, 5) is 9.74. The Kier molecular flexibility index (Phi) is 5.94. The van der Waals surface area contributed by atoms with Crippen LogP contribution in [0.15, 0.2) is 12.2 Å². The Labute approximate surface area is 50.4 Å². The van der Waals surface area contributed by atoms with E-state index < -0.39 is 0 Å². The van der Waals surface area contributed by atoms with Crippen molar-refractivity contribution in [2.24, 2.45) is 0 Å². The van der Waals surface area contributed by atoms with Gasteiger partial charge in [-0.1, -0.05) is 12.2 Å². The van der Waals surface area contributed by atoms with Crippen LogP contribution in [0.2, 0.25) is 0 Å². The minimum absolute atomic E-state index is 0.699. The fourth-order valence-electron chi connectivity index (χ4n) is 0.486. The molecule has 0 aliphatic carbocycles. The average Bonchev–Trinajstić information content (AvgIpc) is 1.81. The third-order valence-electron chi connectivity index (χ3n) is 0.928. The first-order chi connectivity index (χ1) is 3.91. The minimum atomic E-state index is 0.699. The Hall–Kier alpha value is -0.590. The molecule has 0 unspecified atom stereocenters. The molecular formula is C7H12O. The van der Waals surface area contributed by atoms with Crippen molar-refractivity contribution in [1.29, 1.82) is 0 Å². The third kappa shape index (κ3) is 5.41. The summed E-state index contributed by atoms with van der Waals surface area (Å²) in [6.45, 7) is 1.99. The van der Waals surface area contributed by atoms with Gasteiger partial charge in [-0.25, -0.2) is 0 Å². The zero-order valence-electron chi connectivity index (χ0n) is 5.26. The molecule has 0 aliphatic rings. The van der Waals surface area contributed by atoms with Crippen molar-refractivity contribution in [3.63, 3.8) is 0 Å². The number of hydrogen-bond donors (Lipinski definition) is 0. The van der Waals surface area contributed by atoms with Gasteiger partial charge in [-0.2, -0.15) is 0 Å². The Morgan fingerprint density at radius 2 is 2.12 bits per heavy atom. The van der Waals surface area contributed by atoms with Gasteiger partial charge in [0.2, 0.25) is 0 Å². The van der Waals surface area contributed by atoms with Gasteiger partial charge >= 0.3 is 0 Å². The lowest BCUT2D eigenvalue weighted by Crippen LogP contribution is -1.72. The van der Waals surface area contributed by atoms with Crippen LogP contribution in [0.3, 0.4) is 0 Å². The molecule has 0 saturated heterocycles. The zero-order chi connectivity index (χ0) is 6.24. The topological polar surface area (TPSA) is 17.1 Å². The van der Waals surface area contributed by atoms with E-state index in [1.165, 1.54) is 0 Å². The van der Waals surface area contributed by atoms with E-state index in [-0.39, 0.29) is 0 Å². The van der Waals surface area contributed by atoms with E-state index in [1.807, 2.05) is 13.0 Å². The number of carbonyl (C=O) groups excluding carboxylic acids is 1. The molecule has 0 aromatic carbocycles. The third-order valence-corrected chi connectivity index (χ3v) is 0.928. The predicted octanol–water partition coefficient (Wildman–Crippen LogP) is 1.93. The highest BCUT2D eigenvalue weighted by Gasteiger charge is 1.78. The number of carbonyl (C=O) groups is 1. The van der Waals surface area contributed by atoms with E-state index in [2.05, 4.69) is 6.08 Å². The highest BCUT2D eigenvalue weighted by Crippen LogP contribution is 1.92. The molecule has 46 valence electrons. The number of rotatable bonds is 4. The fraction of sp³-hybridized carbons (Fsp3) is 0.571. The van der Waals surface area contributed by atoms with E-state index in [9.17, 15) is 4.79 Å². The van der Waals surface area contributed by atoms with Crippen LogP contribution in [0.25, 0.3) is 0 Å².